The van der Waals surface area contributed by atoms with Gasteiger partial charge in [-0.05, 0) is 54.3 Å². The number of nitrogens with zero attached hydrogens (tertiary/aromatic N) is 2. The number of methoxy groups -OCH3 is 1. The summed E-state index contributed by atoms with van der Waals surface area (Å²) in [6.45, 7) is -0.669. The largest absolute Gasteiger partial charge is 0.495 e. The molecule has 2 amide bonds. The Morgan fingerprint density at radius 3 is 2.26 bits per heavy atom. The number of amides is 2. The number of sulfonamides is 1. The molecule has 0 radical (unpaired) electrons. The number of halogens is 3. The Labute approximate surface area is 267 Å². The zero-order valence-electron chi connectivity index (χ0n) is 23.9. The molecule has 1 saturated carbocycles. The van der Waals surface area contributed by atoms with Crippen LogP contribution in [0.4, 0.5) is 5.69 Å². The quantitative estimate of drug-likeness (QED) is 0.251. The highest BCUT2D eigenvalue weighted by Crippen LogP contribution is 2.33. The minimum absolute atomic E-state index is 0.00471. The average molecular weight is 667 g/mol. The van der Waals surface area contributed by atoms with Gasteiger partial charge >= 0.3 is 0 Å². The molecule has 0 spiro atoms. The molecule has 1 aliphatic carbocycles. The van der Waals surface area contributed by atoms with Gasteiger partial charge in [-0.3, -0.25) is 13.9 Å². The van der Waals surface area contributed by atoms with Gasteiger partial charge in [0.25, 0.3) is 0 Å². The van der Waals surface area contributed by atoms with E-state index in [1.165, 1.54) is 24.1 Å². The number of carbonyl (C=O) groups is 2. The lowest BCUT2D eigenvalue weighted by Crippen LogP contribution is -2.54. The molecule has 1 N–H and O–H groups in total. The smallest absolute Gasteiger partial charge is 0.244 e. The van der Waals surface area contributed by atoms with Crippen molar-refractivity contribution < 1.29 is 22.7 Å². The molecule has 0 aliphatic heterocycles. The number of anilines is 1. The van der Waals surface area contributed by atoms with Gasteiger partial charge in [0.2, 0.25) is 21.8 Å². The Morgan fingerprint density at radius 1 is 0.977 bits per heavy atom. The molecule has 12 heteroatoms. The Kier molecular flexibility index (Phi) is 11.2. The maximum Gasteiger partial charge on any atom is 0.244 e. The van der Waals surface area contributed by atoms with Crippen LogP contribution in [0.25, 0.3) is 0 Å². The molecule has 0 bridgehead atoms. The lowest BCUT2D eigenvalue weighted by Gasteiger charge is -2.34. The highest BCUT2D eigenvalue weighted by molar-refractivity contribution is 7.92. The van der Waals surface area contributed by atoms with Crippen molar-refractivity contribution in [3.8, 4) is 5.75 Å². The fourth-order valence-electron chi connectivity index (χ4n) is 5.21. The molecule has 0 saturated heterocycles. The molecule has 1 fully saturated rings. The zero-order chi connectivity index (χ0) is 31.1. The van der Waals surface area contributed by atoms with Crippen molar-refractivity contribution in [2.24, 2.45) is 0 Å². The van der Waals surface area contributed by atoms with Crippen LogP contribution in [0.2, 0.25) is 15.1 Å². The third-order valence-corrected chi connectivity index (χ3v) is 9.37. The molecular weight excluding hydrogens is 633 g/mol. The number of rotatable bonds is 12. The number of nitrogens with one attached hydrogen (secondary N) is 1. The molecule has 8 nitrogen and oxygen atoms in total. The summed E-state index contributed by atoms with van der Waals surface area (Å²) < 4.78 is 32.5. The number of carbonyl (C=O) groups excluding carboxylic acids is 2. The van der Waals surface area contributed by atoms with Crippen LogP contribution >= 0.6 is 34.8 Å². The lowest BCUT2D eigenvalue weighted by molar-refractivity contribution is -0.140. The Balaban J connectivity index is 1.78. The fourth-order valence-corrected chi connectivity index (χ4v) is 6.69. The molecule has 3 aromatic carbocycles. The van der Waals surface area contributed by atoms with Crippen LogP contribution in [0.5, 0.6) is 5.75 Å². The molecule has 4 rings (SSSR count). The molecule has 3 aromatic rings. The van der Waals surface area contributed by atoms with Crippen molar-refractivity contribution in [1.82, 2.24) is 10.2 Å². The summed E-state index contributed by atoms with van der Waals surface area (Å²) in [4.78, 5) is 29.6. The van der Waals surface area contributed by atoms with Crippen molar-refractivity contribution in [3.63, 3.8) is 0 Å². The van der Waals surface area contributed by atoms with Crippen LogP contribution < -0.4 is 14.4 Å². The predicted molar refractivity (Wildman–Crippen MR) is 172 cm³/mol. The van der Waals surface area contributed by atoms with E-state index in [1.807, 2.05) is 30.3 Å². The second-order valence-corrected chi connectivity index (χ2v) is 13.7. The second-order valence-electron chi connectivity index (χ2n) is 10.5. The average Bonchev–Trinajstić information content (AvgIpc) is 3.47. The number of benzene rings is 3. The first kappa shape index (κ1) is 32.9. The van der Waals surface area contributed by atoms with Gasteiger partial charge < -0.3 is 15.0 Å². The molecule has 1 aliphatic rings. The minimum atomic E-state index is -4.00. The van der Waals surface area contributed by atoms with Gasteiger partial charge in [0.05, 0.1) is 19.1 Å². The molecule has 230 valence electrons. The fraction of sp³-hybridized carbons (Fsp3) is 0.355. The first-order valence-electron chi connectivity index (χ1n) is 13.8. The first-order valence-corrected chi connectivity index (χ1v) is 16.8. The summed E-state index contributed by atoms with van der Waals surface area (Å²) in [7, 11) is -2.61. The summed E-state index contributed by atoms with van der Waals surface area (Å²) in [6.07, 6.45) is 4.95. The van der Waals surface area contributed by atoms with E-state index in [0.717, 1.165) is 41.8 Å². The monoisotopic (exact) mass is 665 g/mol. The molecule has 1 atom stereocenters. The van der Waals surface area contributed by atoms with Crippen molar-refractivity contribution in [2.45, 2.75) is 50.7 Å². The van der Waals surface area contributed by atoms with Gasteiger partial charge in [-0.15, -0.1) is 0 Å². The minimum Gasteiger partial charge on any atom is -0.495 e. The van der Waals surface area contributed by atoms with E-state index in [0.29, 0.717) is 15.6 Å². The number of hydrogen-bond donors (Lipinski definition) is 1. The van der Waals surface area contributed by atoms with Crippen molar-refractivity contribution in [2.75, 3.05) is 24.2 Å². The molecule has 0 aromatic heterocycles. The summed E-state index contributed by atoms with van der Waals surface area (Å²) in [5.74, 6) is -0.712. The Bertz CT molecular complexity index is 1550. The van der Waals surface area contributed by atoms with Crippen LogP contribution in [0.1, 0.15) is 36.8 Å². The van der Waals surface area contributed by atoms with E-state index in [1.54, 1.807) is 24.3 Å². The Morgan fingerprint density at radius 2 is 1.63 bits per heavy atom. The van der Waals surface area contributed by atoms with Gasteiger partial charge in [-0.2, -0.15) is 0 Å². The van der Waals surface area contributed by atoms with Crippen molar-refractivity contribution in [3.05, 3.63) is 92.9 Å². The number of hydrogen-bond acceptors (Lipinski definition) is 5. The standard InChI is InChI=1S/C31H34Cl3N3O5S/c1-42-29-15-14-24(33)18-27(29)37(43(2,40)41)20-30(38)36(19-22-12-13-23(32)17-26(22)34)28(16-21-8-4-3-5-9-21)31(39)35-25-10-6-7-11-25/h3-5,8-9,12-15,17-18,25,28H,6-7,10-11,16,19-20H2,1-2H3,(H,35,39)/t28-/m0/s1. The van der Waals surface area contributed by atoms with Gasteiger partial charge in [-0.25, -0.2) is 8.42 Å². The van der Waals surface area contributed by atoms with Gasteiger partial charge in [0, 0.05) is 34.1 Å². The van der Waals surface area contributed by atoms with Gasteiger partial charge in [0.15, 0.2) is 0 Å². The molecule has 0 heterocycles. The van der Waals surface area contributed by atoms with Gasteiger partial charge in [-0.1, -0.05) is 84.0 Å². The lowest BCUT2D eigenvalue weighted by atomic mass is 10.0. The van der Waals surface area contributed by atoms with E-state index in [4.69, 9.17) is 39.5 Å². The van der Waals surface area contributed by atoms with E-state index < -0.39 is 28.5 Å². The van der Waals surface area contributed by atoms with E-state index in [2.05, 4.69) is 5.32 Å². The molecule has 43 heavy (non-hydrogen) atoms. The second kappa shape index (κ2) is 14.7. The topological polar surface area (TPSA) is 96.0 Å². The van der Waals surface area contributed by atoms with Crippen LogP contribution in [0, 0.1) is 0 Å². The van der Waals surface area contributed by atoms with E-state index >= 15 is 0 Å². The van der Waals surface area contributed by atoms with E-state index in [9.17, 15) is 18.0 Å². The van der Waals surface area contributed by atoms with Crippen molar-refractivity contribution in [1.29, 1.82) is 0 Å². The van der Waals surface area contributed by atoms with E-state index in [-0.39, 0.29) is 41.4 Å². The molecule has 0 unspecified atom stereocenters. The van der Waals surface area contributed by atoms with Crippen LogP contribution in [-0.4, -0.2) is 57.1 Å². The normalized spacial score (nSPS) is 14.3. The van der Waals surface area contributed by atoms with Crippen LogP contribution in [0.15, 0.2) is 66.7 Å². The summed E-state index contributed by atoms with van der Waals surface area (Å²) >= 11 is 18.9. The highest BCUT2D eigenvalue weighted by atomic mass is 35.5. The van der Waals surface area contributed by atoms with Crippen molar-refractivity contribution >= 4 is 62.3 Å². The van der Waals surface area contributed by atoms with Crippen LogP contribution in [-0.2, 0) is 32.6 Å². The third kappa shape index (κ3) is 8.79. The first-order chi connectivity index (χ1) is 20.5. The van der Waals surface area contributed by atoms with Gasteiger partial charge in [0.1, 0.15) is 18.3 Å². The maximum absolute atomic E-state index is 14.3. The SMILES string of the molecule is COc1ccc(Cl)cc1N(CC(=O)N(Cc1ccc(Cl)cc1Cl)[C@@H](Cc1ccccc1)C(=O)NC1CCCC1)S(C)(=O)=O. The summed E-state index contributed by atoms with van der Waals surface area (Å²) in [5, 5.41) is 4.13. The third-order valence-electron chi connectivity index (χ3n) is 7.42. The Hall–Kier alpha value is -2.98. The predicted octanol–water partition coefficient (Wildman–Crippen LogP) is 6.12. The summed E-state index contributed by atoms with van der Waals surface area (Å²) in [6, 6.07) is 17.8. The highest BCUT2D eigenvalue weighted by Gasteiger charge is 2.35. The maximum atomic E-state index is 14.3. The number of ether oxygens (including phenoxy) is 1. The molecular formula is C31H34Cl3N3O5S. The van der Waals surface area contributed by atoms with Crippen LogP contribution in [0.3, 0.4) is 0 Å². The zero-order valence-corrected chi connectivity index (χ0v) is 27.0. The summed E-state index contributed by atoms with van der Waals surface area (Å²) in [5.41, 5.74) is 1.49.